The molecule has 1 heterocycles. The molecule has 0 unspecified atom stereocenters. The van der Waals surface area contributed by atoms with Crippen molar-refractivity contribution >= 4 is 15.9 Å². The second-order valence-electron chi connectivity index (χ2n) is 4.34. The molecule has 0 fully saturated rings. The zero-order valence-corrected chi connectivity index (χ0v) is 12.1. The molecule has 5 heteroatoms. The molecule has 0 saturated carbocycles. The molecule has 0 saturated heterocycles. The molecule has 2 rings (SSSR count). The maximum Gasteiger partial charge on any atom is 0.267 e. The molecule has 0 aliphatic carbocycles. The first kappa shape index (κ1) is 13.1. The van der Waals surface area contributed by atoms with Crippen LogP contribution in [0.2, 0.25) is 0 Å². The highest BCUT2D eigenvalue weighted by molar-refractivity contribution is 9.10. The quantitative estimate of drug-likeness (QED) is 0.853. The van der Waals surface area contributed by atoms with Crippen LogP contribution in [0.1, 0.15) is 44.5 Å². The Morgan fingerprint density at radius 3 is 2.56 bits per heavy atom. The molecule has 0 bridgehead atoms. The van der Waals surface area contributed by atoms with Crippen LogP contribution in [0.25, 0.3) is 0 Å². The normalized spacial score (nSPS) is 12.7. The third kappa shape index (κ3) is 2.90. The summed E-state index contributed by atoms with van der Waals surface area (Å²) in [6, 6.07) is 7.67. The van der Waals surface area contributed by atoms with Crippen molar-refractivity contribution in [1.82, 2.24) is 10.1 Å². The number of rotatable bonds is 4. The molecule has 2 aromatic rings. The predicted octanol–water partition coefficient (Wildman–Crippen LogP) is 4.10. The highest BCUT2D eigenvalue weighted by Crippen LogP contribution is 2.28. The summed E-state index contributed by atoms with van der Waals surface area (Å²) in [6.07, 6.45) is -0.274. The van der Waals surface area contributed by atoms with Crippen molar-refractivity contribution in [3.05, 3.63) is 40.5 Å². The number of halogens is 1. The van der Waals surface area contributed by atoms with Crippen molar-refractivity contribution in [3.63, 3.8) is 0 Å². The Hall–Kier alpha value is -1.36. The zero-order chi connectivity index (χ0) is 13.1. The van der Waals surface area contributed by atoms with Crippen LogP contribution in [0, 0.1) is 0 Å². The topological polar surface area (TPSA) is 48.2 Å². The average molecular weight is 311 g/mol. The fourth-order valence-corrected chi connectivity index (χ4v) is 1.81. The van der Waals surface area contributed by atoms with Gasteiger partial charge >= 0.3 is 0 Å². The van der Waals surface area contributed by atoms with E-state index in [0.717, 1.165) is 10.2 Å². The standard InChI is InChI=1S/C13H15BrN2O2/c1-8(2)12-15-13(18-16-12)9(3)17-11-7-5-4-6-10(11)14/h4-9H,1-3H3/t9-/m1/s1. The second kappa shape index (κ2) is 5.52. The maximum atomic E-state index is 5.78. The van der Waals surface area contributed by atoms with Gasteiger partial charge in [-0.3, -0.25) is 0 Å². The third-order valence-electron chi connectivity index (χ3n) is 2.46. The number of nitrogens with zero attached hydrogens (tertiary/aromatic N) is 2. The smallest absolute Gasteiger partial charge is 0.267 e. The Balaban J connectivity index is 2.12. The minimum Gasteiger partial charge on any atom is -0.480 e. The molecule has 0 aliphatic heterocycles. The molecule has 96 valence electrons. The molecule has 0 N–H and O–H groups in total. The van der Waals surface area contributed by atoms with E-state index in [4.69, 9.17) is 9.26 Å². The van der Waals surface area contributed by atoms with Crippen molar-refractivity contribution in [3.8, 4) is 5.75 Å². The Morgan fingerprint density at radius 1 is 1.22 bits per heavy atom. The van der Waals surface area contributed by atoms with Gasteiger partial charge in [0.15, 0.2) is 11.9 Å². The lowest BCUT2D eigenvalue weighted by Gasteiger charge is -2.11. The van der Waals surface area contributed by atoms with Crippen LogP contribution in [0.5, 0.6) is 5.75 Å². The number of hydrogen-bond donors (Lipinski definition) is 0. The lowest BCUT2D eigenvalue weighted by atomic mass is 10.2. The molecule has 0 amide bonds. The molecule has 1 aromatic carbocycles. The van der Waals surface area contributed by atoms with Crippen molar-refractivity contribution < 1.29 is 9.26 Å². The van der Waals surface area contributed by atoms with E-state index in [1.807, 2.05) is 45.0 Å². The third-order valence-corrected chi connectivity index (χ3v) is 3.12. The van der Waals surface area contributed by atoms with Crippen LogP contribution >= 0.6 is 15.9 Å². The SMILES string of the molecule is CC(C)c1noc([C@@H](C)Oc2ccccc2Br)n1. The molecule has 0 radical (unpaired) electrons. The fraction of sp³-hybridized carbons (Fsp3) is 0.385. The molecular formula is C13H15BrN2O2. The summed E-state index contributed by atoms with van der Waals surface area (Å²) >= 11 is 3.43. The van der Waals surface area contributed by atoms with Gasteiger partial charge in [-0.2, -0.15) is 4.98 Å². The first-order chi connectivity index (χ1) is 8.58. The predicted molar refractivity (Wildman–Crippen MR) is 71.6 cm³/mol. The van der Waals surface area contributed by atoms with Gasteiger partial charge in [0.25, 0.3) is 5.89 Å². The van der Waals surface area contributed by atoms with Crippen LogP contribution in [0.3, 0.4) is 0 Å². The van der Waals surface area contributed by atoms with Crippen LogP contribution in [-0.2, 0) is 0 Å². The zero-order valence-electron chi connectivity index (χ0n) is 10.6. The van der Waals surface area contributed by atoms with Gasteiger partial charge in [0.1, 0.15) is 5.75 Å². The van der Waals surface area contributed by atoms with Gasteiger partial charge in [0, 0.05) is 5.92 Å². The summed E-state index contributed by atoms with van der Waals surface area (Å²) in [7, 11) is 0. The first-order valence-electron chi connectivity index (χ1n) is 5.82. The summed E-state index contributed by atoms with van der Waals surface area (Å²) in [5.41, 5.74) is 0. The van der Waals surface area contributed by atoms with E-state index in [-0.39, 0.29) is 12.0 Å². The lowest BCUT2D eigenvalue weighted by molar-refractivity contribution is 0.174. The van der Waals surface area contributed by atoms with Gasteiger partial charge in [-0.25, -0.2) is 0 Å². The number of para-hydroxylation sites is 1. The Morgan fingerprint density at radius 2 is 1.94 bits per heavy atom. The van der Waals surface area contributed by atoms with Crippen LogP contribution < -0.4 is 4.74 Å². The number of aromatic nitrogens is 2. The molecule has 4 nitrogen and oxygen atoms in total. The first-order valence-corrected chi connectivity index (χ1v) is 6.62. The van der Waals surface area contributed by atoms with Gasteiger partial charge in [0.2, 0.25) is 0 Å². The van der Waals surface area contributed by atoms with Crippen LogP contribution in [0.4, 0.5) is 0 Å². The lowest BCUT2D eigenvalue weighted by Crippen LogP contribution is -2.04. The Kier molecular flexibility index (Phi) is 4.01. The highest BCUT2D eigenvalue weighted by atomic mass is 79.9. The van der Waals surface area contributed by atoms with Crippen molar-refractivity contribution in [2.45, 2.75) is 32.8 Å². The molecule has 1 aromatic heterocycles. The minimum absolute atomic E-state index is 0.248. The summed E-state index contributed by atoms with van der Waals surface area (Å²) in [5, 5.41) is 3.92. The minimum atomic E-state index is -0.274. The summed E-state index contributed by atoms with van der Waals surface area (Å²) in [4.78, 5) is 4.32. The molecule has 1 atom stereocenters. The average Bonchev–Trinajstić information content (AvgIpc) is 2.81. The van der Waals surface area contributed by atoms with E-state index in [0.29, 0.717) is 11.7 Å². The van der Waals surface area contributed by atoms with Gasteiger partial charge in [-0.05, 0) is 35.0 Å². The monoisotopic (exact) mass is 310 g/mol. The van der Waals surface area contributed by atoms with Crippen molar-refractivity contribution in [2.75, 3.05) is 0 Å². The van der Waals surface area contributed by atoms with E-state index in [9.17, 15) is 0 Å². The summed E-state index contributed by atoms with van der Waals surface area (Å²) in [6.45, 7) is 5.93. The Bertz CT molecular complexity index is 525. The van der Waals surface area contributed by atoms with E-state index in [2.05, 4.69) is 26.1 Å². The Labute approximate surface area is 114 Å². The molecule has 18 heavy (non-hydrogen) atoms. The van der Waals surface area contributed by atoms with Gasteiger partial charge < -0.3 is 9.26 Å². The van der Waals surface area contributed by atoms with E-state index in [1.54, 1.807) is 0 Å². The van der Waals surface area contributed by atoms with E-state index >= 15 is 0 Å². The van der Waals surface area contributed by atoms with E-state index < -0.39 is 0 Å². The molecular weight excluding hydrogens is 296 g/mol. The number of benzene rings is 1. The maximum absolute atomic E-state index is 5.78. The van der Waals surface area contributed by atoms with Crippen molar-refractivity contribution in [2.24, 2.45) is 0 Å². The molecule has 0 aliphatic rings. The summed E-state index contributed by atoms with van der Waals surface area (Å²) in [5.74, 6) is 2.20. The van der Waals surface area contributed by atoms with Crippen LogP contribution in [-0.4, -0.2) is 10.1 Å². The van der Waals surface area contributed by atoms with Crippen LogP contribution in [0.15, 0.2) is 33.3 Å². The van der Waals surface area contributed by atoms with Gasteiger partial charge in [0.05, 0.1) is 4.47 Å². The van der Waals surface area contributed by atoms with Gasteiger partial charge in [-0.1, -0.05) is 31.1 Å². The number of hydrogen-bond acceptors (Lipinski definition) is 4. The largest absolute Gasteiger partial charge is 0.480 e. The molecule has 0 spiro atoms. The van der Waals surface area contributed by atoms with Crippen molar-refractivity contribution in [1.29, 1.82) is 0 Å². The highest BCUT2D eigenvalue weighted by Gasteiger charge is 2.18. The van der Waals surface area contributed by atoms with E-state index in [1.165, 1.54) is 0 Å². The number of ether oxygens (including phenoxy) is 1. The summed E-state index contributed by atoms with van der Waals surface area (Å²) < 4.78 is 11.9. The fourth-order valence-electron chi connectivity index (χ4n) is 1.43. The van der Waals surface area contributed by atoms with Gasteiger partial charge in [-0.15, -0.1) is 0 Å². The second-order valence-corrected chi connectivity index (χ2v) is 5.19.